The zero-order valence-corrected chi connectivity index (χ0v) is 26.7. The number of likely N-dealkylation sites (N-methyl/N-ethyl adjacent to an activating group) is 1. The van der Waals surface area contributed by atoms with Crippen LogP contribution in [0.1, 0.15) is 64.4 Å². The number of likely N-dealkylation sites (tertiary alicyclic amines) is 1. The maximum Gasteiger partial charge on any atom is 0.416 e. The maximum atomic E-state index is 15.1. The van der Waals surface area contributed by atoms with Gasteiger partial charge in [-0.2, -0.15) is 28.2 Å². The molecule has 0 bridgehead atoms. The Morgan fingerprint density at radius 3 is 2.65 bits per heavy atom. The van der Waals surface area contributed by atoms with Crippen LogP contribution >= 0.6 is 11.6 Å². The van der Waals surface area contributed by atoms with E-state index in [0.717, 1.165) is 18.6 Å². The van der Waals surface area contributed by atoms with Gasteiger partial charge in [0.1, 0.15) is 5.82 Å². The van der Waals surface area contributed by atoms with Crippen LogP contribution in [0.3, 0.4) is 0 Å². The minimum Gasteiger partial charge on any atom is -0.467 e. The molecule has 0 radical (unpaired) electrons. The molecule has 3 aliphatic rings. The van der Waals surface area contributed by atoms with E-state index in [2.05, 4.69) is 26.9 Å². The number of carbonyl (C=O) groups excluding carboxylic acids is 1. The number of nitrogens with two attached hydrogens (primary N) is 1. The number of rotatable bonds is 5. The molecule has 6 rings (SSSR count). The smallest absolute Gasteiger partial charge is 0.416 e. The molecule has 2 N–H and O–H groups in total. The van der Waals surface area contributed by atoms with Gasteiger partial charge in [-0.15, -0.1) is 0 Å². The summed E-state index contributed by atoms with van der Waals surface area (Å²) in [6, 6.07) is 1.64. The number of nitrogen functional groups attached to an aromatic ring is 1. The topological polar surface area (TPSA) is 115 Å². The van der Waals surface area contributed by atoms with Crippen LogP contribution in [-0.2, 0) is 37.0 Å². The van der Waals surface area contributed by atoms with Crippen LogP contribution in [0.2, 0.25) is 5.02 Å². The Morgan fingerprint density at radius 1 is 1.22 bits per heavy atom. The monoisotopic (exact) mass is 666 g/mol. The molecule has 5 heterocycles. The SMILES string of the molecule is COc1nc2c(c(N3CCCn4nc(C(=O)N5CCC(C)(N(C)C)C5)c(Cl)c4C3)n1)COC(c1c(C(F)(F)F)ccc(N)c1F)C2. The number of hydrogen-bond acceptors (Lipinski definition) is 9. The number of alkyl halides is 3. The van der Waals surface area contributed by atoms with E-state index in [4.69, 9.17) is 26.8 Å². The highest BCUT2D eigenvalue weighted by atomic mass is 35.5. The lowest BCUT2D eigenvalue weighted by Crippen LogP contribution is -2.44. The Kier molecular flexibility index (Phi) is 8.30. The molecular formula is C30H35ClF4N8O3. The number of anilines is 2. The van der Waals surface area contributed by atoms with Crippen molar-refractivity contribution in [2.75, 3.05) is 51.5 Å². The Bertz CT molecular complexity index is 1680. The summed E-state index contributed by atoms with van der Waals surface area (Å²) in [5, 5.41) is 4.88. The number of fused-ring (bicyclic) bond motifs is 2. The Hall–Kier alpha value is -3.69. The molecule has 2 aromatic heterocycles. The lowest BCUT2D eigenvalue weighted by atomic mass is 9.94. The predicted octanol–water partition coefficient (Wildman–Crippen LogP) is 4.47. The Morgan fingerprint density at radius 2 is 1.98 bits per heavy atom. The fourth-order valence-corrected chi connectivity index (χ4v) is 6.65. The van der Waals surface area contributed by atoms with Crippen molar-refractivity contribution in [2.24, 2.45) is 0 Å². The highest BCUT2D eigenvalue weighted by Gasteiger charge is 2.41. The molecule has 1 saturated heterocycles. The van der Waals surface area contributed by atoms with Gasteiger partial charge in [-0.1, -0.05) is 11.6 Å². The van der Waals surface area contributed by atoms with E-state index in [1.165, 1.54) is 7.11 Å². The molecule has 0 saturated carbocycles. The molecule has 0 aliphatic carbocycles. The average molecular weight is 667 g/mol. The fourth-order valence-electron chi connectivity index (χ4n) is 6.37. The van der Waals surface area contributed by atoms with Crippen molar-refractivity contribution in [3.8, 4) is 6.01 Å². The largest absolute Gasteiger partial charge is 0.467 e. The normalized spacial score (nSPS) is 21.7. The summed E-state index contributed by atoms with van der Waals surface area (Å²) in [6.07, 6.45) is -4.83. The molecule has 1 fully saturated rings. The van der Waals surface area contributed by atoms with Gasteiger partial charge in [-0.3, -0.25) is 9.48 Å². The van der Waals surface area contributed by atoms with Gasteiger partial charge in [0.15, 0.2) is 11.5 Å². The van der Waals surface area contributed by atoms with Gasteiger partial charge in [0.2, 0.25) is 0 Å². The van der Waals surface area contributed by atoms with Crippen LogP contribution in [0.4, 0.5) is 29.1 Å². The number of methoxy groups -OCH3 is 1. The first-order chi connectivity index (χ1) is 21.7. The third-order valence-corrected chi connectivity index (χ3v) is 9.73. The summed E-state index contributed by atoms with van der Waals surface area (Å²) in [5.74, 6) is -0.954. The number of amides is 1. The van der Waals surface area contributed by atoms with Gasteiger partial charge in [0, 0.05) is 49.3 Å². The van der Waals surface area contributed by atoms with E-state index in [1.54, 1.807) is 9.58 Å². The van der Waals surface area contributed by atoms with Crippen LogP contribution < -0.4 is 15.4 Å². The standard InChI is InChI=1S/C30H35ClF4N8O3/c1-29(40(2)3)8-11-42(15-29)27(44)25-23(31)20-13-41(9-5-10-43(20)39-25)26-16-14-46-21(12-19(16)37-28(38-26)45-4)22-17(30(33,34)35)6-7-18(36)24(22)32/h6-7,21H,5,8-15,36H2,1-4H3. The van der Waals surface area contributed by atoms with E-state index in [0.29, 0.717) is 55.4 Å². The maximum absolute atomic E-state index is 15.1. The fraction of sp³-hybridized carbons (Fsp3) is 0.533. The van der Waals surface area contributed by atoms with E-state index in [9.17, 15) is 18.0 Å². The molecule has 16 heteroatoms. The van der Waals surface area contributed by atoms with Crippen molar-refractivity contribution in [3.05, 3.63) is 56.7 Å². The first-order valence-corrected chi connectivity index (χ1v) is 15.3. The molecule has 2 atom stereocenters. The number of aromatic nitrogens is 4. The lowest BCUT2D eigenvalue weighted by Gasteiger charge is -2.32. The second-order valence-corrected chi connectivity index (χ2v) is 12.7. The van der Waals surface area contributed by atoms with Crippen LogP contribution in [0.25, 0.3) is 0 Å². The van der Waals surface area contributed by atoms with Crippen LogP contribution in [0.15, 0.2) is 12.1 Å². The first-order valence-electron chi connectivity index (χ1n) is 14.9. The van der Waals surface area contributed by atoms with Crippen molar-refractivity contribution >= 4 is 29.0 Å². The van der Waals surface area contributed by atoms with Crippen LogP contribution in [0.5, 0.6) is 6.01 Å². The van der Waals surface area contributed by atoms with E-state index >= 15 is 4.39 Å². The Labute approximate surface area is 268 Å². The number of benzene rings is 1. The van der Waals surface area contributed by atoms with Gasteiger partial charge in [-0.05, 0) is 46.0 Å². The average Bonchev–Trinajstić information content (AvgIpc) is 3.48. The summed E-state index contributed by atoms with van der Waals surface area (Å²) in [5.41, 5.74) is 5.01. The third-order valence-electron chi connectivity index (χ3n) is 9.33. The summed E-state index contributed by atoms with van der Waals surface area (Å²) in [6.45, 7) is 4.36. The van der Waals surface area contributed by atoms with Gasteiger partial charge >= 0.3 is 12.2 Å². The minimum absolute atomic E-state index is 0.00353. The molecule has 248 valence electrons. The van der Waals surface area contributed by atoms with Crippen molar-refractivity contribution in [3.63, 3.8) is 0 Å². The minimum atomic E-state index is -4.82. The molecular weight excluding hydrogens is 632 g/mol. The van der Waals surface area contributed by atoms with Crippen molar-refractivity contribution in [1.29, 1.82) is 0 Å². The van der Waals surface area contributed by atoms with Gasteiger partial charge in [0.05, 0.1) is 54.0 Å². The molecule has 1 aromatic carbocycles. The number of halogens is 5. The molecule has 0 spiro atoms. The predicted molar refractivity (Wildman–Crippen MR) is 161 cm³/mol. The molecule has 3 aromatic rings. The van der Waals surface area contributed by atoms with Crippen molar-refractivity contribution in [1.82, 2.24) is 29.5 Å². The van der Waals surface area contributed by atoms with E-state index < -0.39 is 34.9 Å². The second kappa shape index (κ2) is 11.8. The van der Waals surface area contributed by atoms with Crippen molar-refractivity contribution < 1.29 is 31.8 Å². The van der Waals surface area contributed by atoms with Gasteiger partial charge < -0.3 is 29.9 Å². The van der Waals surface area contributed by atoms with E-state index in [1.807, 2.05) is 19.0 Å². The third kappa shape index (κ3) is 5.62. The number of nitrogens with zero attached hydrogens (tertiary/aromatic N) is 7. The van der Waals surface area contributed by atoms with Gasteiger partial charge in [0.25, 0.3) is 5.91 Å². The van der Waals surface area contributed by atoms with Crippen LogP contribution in [0, 0.1) is 5.82 Å². The summed E-state index contributed by atoms with van der Waals surface area (Å²) >= 11 is 6.85. The molecule has 3 aliphatic heterocycles. The number of carbonyl (C=O) groups is 1. The quantitative estimate of drug-likeness (QED) is 0.311. The van der Waals surface area contributed by atoms with E-state index in [-0.39, 0.29) is 47.7 Å². The molecule has 2 unspecified atom stereocenters. The highest BCUT2D eigenvalue weighted by molar-refractivity contribution is 6.34. The second-order valence-electron chi connectivity index (χ2n) is 12.4. The Balaban J connectivity index is 1.31. The number of ether oxygens (including phenoxy) is 2. The van der Waals surface area contributed by atoms with Gasteiger partial charge in [-0.25, -0.2) is 4.39 Å². The zero-order valence-electron chi connectivity index (χ0n) is 25.9. The number of aryl methyl sites for hydroxylation is 1. The molecule has 11 nitrogen and oxygen atoms in total. The molecule has 1 amide bonds. The van der Waals surface area contributed by atoms with Crippen LogP contribution in [-0.4, -0.2) is 81.8 Å². The lowest BCUT2D eigenvalue weighted by molar-refractivity contribution is -0.140. The highest BCUT2D eigenvalue weighted by Crippen LogP contribution is 2.43. The summed E-state index contributed by atoms with van der Waals surface area (Å²) in [7, 11) is 5.37. The first kappa shape index (κ1) is 32.3. The van der Waals surface area contributed by atoms with Crippen molar-refractivity contribution in [2.45, 2.75) is 63.7 Å². The zero-order chi connectivity index (χ0) is 33.1. The number of hydrogen-bond donors (Lipinski definition) is 1. The summed E-state index contributed by atoms with van der Waals surface area (Å²) < 4.78 is 69.7. The molecule has 46 heavy (non-hydrogen) atoms. The summed E-state index contributed by atoms with van der Waals surface area (Å²) in [4.78, 5) is 28.4.